The van der Waals surface area contributed by atoms with Crippen LogP contribution in [-0.2, 0) is 0 Å². The monoisotopic (exact) mass is 267 g/mol. The first-order valence-corrected chi connectivity index (χ1v) is 5.88. The Balaban J connectivity index is 2.49. The van der Waals surface area contributed by atoms with E-state index in [0.717, 1.165) is 11.6 Å². The summed E-state index contributed by atoms with van der Waals surface area (Å²) in [6.45, 7) is 0. The summed E-state index contributed by atoms with van der Waals surface area (Å²) in [7, 11) is 1.69. The molecule has 0 fully saturated rings. The topological polar surface area (TPSA) is 12.0 Å². The largest absolute Gasteiger partial charge is 0.309 e. The highest BCUT2D eigenvalue weighted by molar-refractivity contribution is 6.30. The normalized spacial score (nSPS) is 12.4. The predicted octanol–water partition coefficient (Wildman–Crippen LogP) is 3.93. The van der Waals surface area contributed by atoms with Crippen LogP contribution >= 0.6 is 11.6 Å². The molecule has 1 nitrogen and oxygen atoms in total. The van der Waals surface area contributed by atoms with Crippen LogP contribution in [0.5, 0.6) is 0 Å². The van der Waals surface area contributed by atoms with E-state index in [1.54, 1.807) is 31.3 Å². The van der Waals surface area contributed by atoms with E-state index in [9.17, 15) is 8.78 Å². The maximum atomic E-state index is 13.8. The summed E-state index contributed by atoms with van der Waals surface area (Å²) in [5, 5.41) is 3.52. The molecule has 0 aromatic heterocycles. The van der Waals surface area contributed by atoms with E-state index in [1.807, 2.05) is 6.07 Å². The lowest BCUT2D eigenvalue weighted by Crippen LogP contribution is -2.19. The first-order chi connectivity index (χ1) is 8.63. The zero-order chi connectivity index (χ0) is 13.1. The number of nitrogens with one attached hydrogen (secondary N) is 1. The minimum Gasteiger partial charge on any atom is -0.309 e. The standard InChI is InChI=1S/C14H12ClF2N/c1-18-14(9-4-2-5-10(15)8-9)11-6-3-7-12(16)13(11)17/h2-8,14,18H,1H3. The van der Waals surface area contributed by atoms with Gasteiger partial charge in [0.1, 0.15) is 0 Å². The summed E-state index contributed by atoms with van der Waals surface area (Å²) >= 11 is 5.91. The summed E-state index contributed by atoms with van der Waals surface area (Å²) in [5.41, 5.74) is 1.05. The quantitative estimate of drug-likeness (QED) is 0.889. The Morgan fingerprint density at radius 2 is 1.83 bits per heavy atom. The molecule has 2 aromatic rings. The zero-order valence-corrected chi connectivity index (χ0v) is 10.5. The molecule has 0 bridgehead atoms. The predicted molar refractivity (Wildman–Crippen MR) is 68.7 cm³/mol. The molecule has 1 atom stereocenters. The minimum atomic E-state index is -0.852. The van der Waals surface area contributed by atoms with E-state index >= 15 is 0 Å². The van der Waals surface area contributed by atoms with Gasteiger partial charge in [0.15, 0.2) is 11.6 Å². The fraction of sp³-hybridized carbons (Fsp3) is 0.143. The van der Waals surface area contributed by atoms with Gasteiger partial charge in [0, 0.05) is 10.6 Å². The highest BCUT2D eigenvalue weighted by Gasteiger charge is 2.18. The lowest BCUT2D eigenvalue weighted by Gasteiger charge is -2.18. The molecule has 2 aromatic carbocycles. The maximum Gasteiger partial charge on any atom is 0.163 e. The smallest absolute Gasteiger partial charge is 0.163 e. The Kier molecular flexibility index (Phi) is 3.94. The van der Waals surface area contributed by atoms with E-state index < -0.39 is 17.7 Å². The molecule has 1 unspecified atom stereocenters. The molecule has 1 N–H and O–H groups in total. The van der Waals surface area contributed by atoms with Gasteiger partial charge in [0.05, 0.1) is 6.04 Å². The van der Waals surface area contributed by atoms with Gasteiger partial charge in [-0.2, -0.15) is 0 Å². The number of halogens is 3. The molecule has 0 amide bonds. The van der Waals surface area contributed by atoms with E-state index in [-0.39, 0.29) is 5.56 Å². The number of benzene rings is 2. The highest BCUT2D eigenvalue weighted by Crippen LogP contribution is 2.26. The van der Waals surface area contributed by atoms with E-state index in [2.05, 4.69) is 5.32 Å². The Morgan fingerprint density at radius 3 is 2.50 bits per heavy atom. The molecule has 0 aliphatic carbocycles. The molecule has 0 saturated heterocycles. The summed E-state index contributed by atoms with van der Waals surface area (Å²) in [5.74, 6) is -1.69. The summed E-state index contributed by atoms with van der Waals surface area (Å²) < 4.78 is 27.0. The fourth-order valence-corrected chi connectivity index (χ4v) is 2.13. The fourth-order valence-electron chi connectivity index (χ4n) is 1.93. The second kappa shape index (κ2) is 5.46. The van der Waals surface area contributed by atoms with Crippen LogP contribution in [0.15, 0.2) is 42.5 Å². The first kappa shape index (κ1) is 13.0. The van der Waals surface area contributed by atoms with Gasteiger partial charge in [-0.1, -0.05) is 35.9 Å². The van der Waals surface area contributed by atoms with Crippen molar-refractivity contribution in [2.75, 3.05) is 7.05 Å². The van der Waals surface area contributed by atoms with Gasteiger partial charge in [-0.25, -0.2) is 8.78 Å². The van der Waals surface area contributed by atoms with Gasteiger partial charge >= 0.3 is 0 Å². The number of hydrogen-bond acceptors (Lipinski definition) is 1. The molecular formula is C14H12ClF2N. The van der Waals surface area contributed by atoms with Crippen molar-refractivity contribution >= 4 is 11.6 Å². The maximum absolute atomic E-state index is 13.8. The van der Waals surface area contributed by atoms with Crippen LogP contribution < -0.4 is 5.32 Å². The van der Waals surface area contributed by atoms with Crippen LogP contribution in [0.25, 0.3) is 0 Å². The van der Waals surface area contributed by atoms with Crippen LogP contribution in [0.3, 0.4) is 0 Å². The van der Waals surface area contributed by atoms with E-state index in [0.29, 0.717) is 5.02 Å². The van der Waals surface area contributed by atoms with Crippen molar-refractivity contribution in [3.05, 3.63) is 70.2 Å². The van der Waals surface area contributed by atoms with Crippen molar-refractivity contribution in [2.24, 2.45) is 0 Å². The molecular weight excluding hydrogens is 256 g/mol. The van der Waals surface area contributed by atoms with Crippen molar-refractivity contribution in [3.63, 3.8) is 0 Å². The Morgan fingerprint density at radius 1 is 1.11 bits per heavy atom. The van der Waals surface area contributed by atoms with Crippen LogP contribution in [0.2, 0.25) is 5.02 Å². The van der Waals surface area contributed by atoms with Crippen LogP contribution in [0.1, 0.15) is 17.2 Å². The molecule has 0 spiro atoms. The number of rotatable bonds is 3. The minimum absolute atomic E-state index is 0.264. The van der Waals surface area contributed by atoms with E-state index in [1.165, 1.54) is 6.07 Å². The third-order valence-electron chi connectivity index (χ3n) is 2.76. The Hall–Kier alpha value is -1.45. The second-order valence-electron chi connectivity index (χ2n) is 3.92. The summed E-state index contributed by atoms with van der Waals surface area (Å²) in [6.07, 6.45) is 0. The third-order valence-corrected chi connectivity index (χ3v) is 3.00. The second-order valence-corrected chi connectivity index (χ2v) is 4.36. The molecule has 94 valence electrons. The van der Waals surface area contributed by atoms with Crippen LogP contribution in [-0.4, -0.2) is 7.05 Å². The molecule has 0 radical (unpaired) electrons. The Labute approximate surface area is 109 Å². The van der Waals surface area contributed by atoms with Crippen molar-refractivity contribution in [2.45, 2.75) is 6.04 Å². The van der Waals surface area contributed by atoms with Gasteiger partial charge < -0.3 is 5.32 Å². The SMILES string of the molecule is CNC(c1cccc(Cl)c1)c1cccc(F)c1F. The lowest BCUT2D eigenvalue weighted by atomic mass is 9.98. The summed E-state index contributed by atoms with van der Waals surface area (Å²) in [4.78, 5) is 0. The highest BCUT2D eigenvalue weighted by atomic mass is 35.5. The van der Waals surface area contributed by atoms with Crippen molar-refractivity contribution < 1.29 is 8.78 Å². The van der Waals surface area contributed by atoms with Crippen LogP contribution in [0, 0.1) is 11.6 Å². The average molecular weight is 268 g/mol. The molecule has 0 saturated carbocycles. The van der Waals surface area contributed by atoms with Crippen LogP contribution in [0.4, 0.5) is 8.78 Å². The van der Waals surface area contributed by atoms with Gasteiger partial charge in [0.25, 0.3) is 0 Å². The molecule has 0 aliphatic rings. The third kappa shape index (κ3) is 2.52. The average Bonchev–Trinajstić information content (AvgIpc) is 2.35. The van der Waals surface area contributed by atoms with Crippen molar-refractivity contribution in [1.29, 1.82) is 0 Å². The van der Waals surface area contributed by atoms with Crippen molar-refractivity contribution in [3.8, 4) is 0 Å². The molecule has 18 heavy (non-hydrogen) atoms. The Bertz CT molecular complexity index is 557. The number of hydrogen-bond donors (Lipinski definition) is 1. The lowest BCUT2D eigenvalue weighted by molar-refractivity contribution is 0.487. The van der Waals surface area contributed by atoms with E-state index in [4.69, 9.17) is 11.6 Å². The van der Waals surface area contributed by atoms with Crippen molar-refractivity contribution in [1.82, 2.24) is 5.32 Å². The molecule has 0 heterocycles. The van der Waals surface area contributed by atoms with Gasteiger partial charge in [-0.05, 0) is 30.8 Å². The summed E-state index contributed by atoms with van der Waals surface area (Å²) in [6, 6.07) is 10.8. The molecule has 2 rings (SSSR count). The van der Waals surface area contributed by atoms with Gasteiger partial charge in [0.2, 0.25) is 0 Å². The molecule has 4 heteroatoms. The van der Waals surface area contributed by atoms with Gasteiger partial charge in [-0.3, -0.25) is 0 Å². The molecule has 0 aliphatic heterocycles. The zero-order valence-electron chi connectivity index (χ0n) is 9.75. The first-order valence-electron chi connectivity index (χ1n) is 5.50. The van der Waals surface area contributed by atoms with Gasteiger partial charge in [-0.15, -0.1) is 0 Å².